The molecule has 0 amide bonds. The zero-order valence-corrected chi connectivity index (χ0v) is 13.6. The second-order valence-corrected chi connectivity index (χ2v) is 5.68. The van der Waals surface area contributed by atoms with Crippen molar-refractivity contribution in [3.05, 3.63) is 63.6 Å². The lowest BCUT2D eigenvalue weighted by Gasteiger charge is -2.11. The summed E-state index contributed by atoms with van der Waals surface area (Å²) in [5, 5.41) is 7.00. The Balaban J connectivity index is 0.00000147. The van der Waals surface area contributed by atoms with Crippen molar-refractivity contribution in [3.8, 4) is 0 Å². The van der Waals surface area contributed by atoms with Crippen LogP contribution in [0.4, 0.5) is 5.69 Å². The zero-order chi connectivity index (χ0) is 13.1. The van der Waals surface area contributed by atoms with Gasteiger partial charge in [-0.25, -0.2) is 0 Å². The zero-order valence-electron chi connectivity index (χ0n) is 11.2. The number of para-hydroxylation sites is 1. The molecule has 0 unspecified atom stereocenters. The van der Waals surface area contributed by atoms with Crippen LogP contribution in [0, 0.1) is 0 Å². The van der Waals surface area contributed by atoms with Crippen molar-refractivity contribution in [2.24, 2.45) is 0 Å². The molecule has 0 fully saturated rings. The second kappa shape index (κ2) is 7.11. The molecule has 2 aromatic carbocycles. The summed E-state index contributed by atoms with van der Waals surface area (Å²) < 4.78 is 1.17. The van der Waals surface area contributed by atoms with Crippen LogP contribution in [0.3, 0.4) is 0 Å². The van der Waals surface area contributed by atoms with Crippen molar-refractivity contribution < 1.29 is 0 Å². The fourth-order valence-corrected chi connectivity index (χ4v) is 2.96. The monoisotopic (exact) mass is 352 g/mol. The Morgan fingerprint density at radius 1 is 1.00 bits per heavy atom. The normalized spacial score (nSPS) is 12.4. The number of rotatable bonds is 4. The number of anilines is 1. The summed E-state index contributed by atoms with van der Waals surface area (Å²) in [5.41, 5.74) is 5.44. The Kier molecular flexibility index (Phi) is 5.46. The molecular formula is C16H18BrClN2. The van der Waals surface area contributed by atoms with Crippen LogP contribution in [0.15, 0.2) is 46.9 Å². The molecular weight excluding hydrogens is 336 g/mol. The number of hydrogen-bond donors (Lipinski definition) is 2. The maximum atomic E-state index is 3.58. The Morgan fingerprint density at radius 3 is 2.60 bits per heavy atom. The predicted molar refractivity (Wildman–Crippen MR) is 90.6 cm³/mol. The molecule has 1 heterocycles. The van der Waals surface area contributed by atoms with Gasteiger partial charge in [0, 0.05) is 29.8 Å². The number of hydrogen-bond acceptors (Lipinski definition) is 2. The first kappa shape index (κ1) is 15.4. The van der Waals surface area contributed by atoms with Crippen LogP contribution >= 0.6 is 28.3 Å². The molecule has 106 valence electrons. The molecule has 2 N–H and O–H groups in total. The predicted octanol–water partition coefficient (Wildman–Crippen LogP) is 4.13. The summed E-state index contributed by atoms with van der Waals surface area (Å²) in [4.78, 5) is 0. The number of fused-ring (bicyclic) bond motifs is 1. The molecule has 1 aliphatic rings. The van der Waals surface area contributed by atoms with Crippen LogP contribution in [0.5, 0.6) is 0 Å². The quantitative estimate of drug-likeness (QED) is 0.863. The third kappa shape index (κ3) is 3.35. The van der Waals surface area contributed by atoms with Crippen LogP contribution in [0.1, 0.15) is 16.7 Å². The molecule has 0 saturated carbocycles. The summed E-state index contributed by atoms with van der Waals surface area (Å²) >= 11 is 3.58. The highest BCUT2D eigenvalue weighted by Gasteiger charge is 2.12. The molecule has 1 aliphatic heterocycles. The van der Waals surface area contributed by atoms with Gasteiger partial charge in [-0.1, -0.05) is 52.3 Å². The van der Waals surface area contributed by atoms with Gasteiger partial charge in [-0.2, -0.15) is 0 Å². The SMILES string of the molecule is Brc1ccccc1CNCc1cccc2c1NCC2.Cl. The first-order valence-corrected chi connectivity index (χ1v) is 7.42. The van der Waals surface area contributed by atoms with E-state index in [0.29, 0.717) is 0 Å². The van der Waals surface area contributed by atoms with Gasteiger partial charge in [-0.15, -0.1) is 12.4 Å². The highest BCUT2D eigenvalue weighted by molar-refractivity contribution is 9.10. The van der Waals surface area contributed by atoms with E-state index >= 15 is 0 Å². The van der Waals surface area contributed by atoms with E-state index in [1.807, 2.05) is 6.07 Å². The first-order chi connectivity index (χ1) is 9.34. The van der Waals surface area contributed by atoms with Gasteiger partial charge >= 0.3 is 0 Å². The molecule has 0 saturated heterocycles. The van der Waals surface area contributed by atoms with E-state index < -0.39 is 0 Å². The molecule has 0 spiro atoms. The van der Waals surface area contributed by atoms with Gasteiger partial charge in [0.25, 0.3) is 0 Å². The Labute approximate surface area is 134 Å². The average Bonchev–Trinajstić information content (AvgIpc) is 2.90. The van der Waals surface area contributed by atoms with Crippen LogP contribution in [0.25, 0.3) is 0 Å². The highest BCUT2D eigenvalue weighted by Crippen LogP contribution is 2.26. The fraction of sp³-hybridized carbons (Fsp3) is 0.250. The van der Waals surface area contributed by atoms with Crippen LogP contribution in [-0.4, -0.2) is 6.54 Å². The summed E-state index contributed by atoms with van der Waals surface area (Å²) in [6.45, 7) is 2.85. The van der Waals surface area contributed by atoms with Gasteiger partial charge in [-0.05, 0) is 29.2 Å². The van der Waals surface area contributed by atoms with Gasteiger partial charge in [0.15, 0.2) is 0 Å². The minimum absolute atomic E-state index is 0. The molecule has 3 rings (SSSR count). The molecule has 0 radical (unpaired) electrons. The first-order valence-electron chi connectivity index (χ1n) is 6.63. The van der Waals surface area contributed by atoms with Crippen molar-refractivity contribution in [1.29, 1.82) is 0 Å². The molecule has 20 heavy (non-hydrogen) atoms. The molecule has 0 aromatic heterocycles. The van der Waals surface area contributed by atoms with E-state index in [2.05, 4.69) is 63.0 Å². The fourth-order valence-electron chi connectivity index (χ4n) is 2.53. The summed E-state index contributed by atoms with van der Waals surface area (Å²) in [7, 11) is 0. The average molecular weight is 354 g/mol. The Hall–Kier alpha value is -1.03. The van der Waals surface area contributed by atoms with E-state index in [1.165, 1.54) is 26.9 Å². The van der Waals surface area contributed by atoms with Crippen LogP contribution < -0.4 is 10.6 Å². The smallest absolute Gasteiger partial charge is 0.0419 e. The van der Waals surface area contributed by atoms with E-state index in [4.69, 9.17) is 0 Å². The van der Waals surface area contributed by atoms with Gasteiger partial charge in [0.05, 0.1) is 0 Å². The van der Waals surface area contributed by atoms with E-state index in [1.54, 1.807) is 0 Å². The van der Waals surface area contributed by atoms with Crippen molar-refractivity contribution in [2.75, 3.05) is 11.9 Å². The molecule has 0 atom stereocenters. The lowest BCUT2D eigenvalue weighted by molar-refractivity contribution is 0.692. The molecule has 2 nitrogen and oxygen atoms in total. The minimum atomic E-state index is 0. The highest BCUT2D eigenvalue weighted by atomic mass is 79.9. The largest absolute Gasteiger partial charge is 0.384 e. The van der Waals surface area contributed by atoms with E-state index in [-0.39, 0.29) is 12.4 Å². The number of halogens is 2. The number of nitrogens with one attached hydrogen (secondary N) is 2. The van der Waals surface area contributed by atoms with E-state index in [9.17, 15) is 0 Å². The number of benzene rings is 2. The topological polar surface area (TPSA) is 24.1 Å². The molecule has 4 heteroatoms. The molecule has 0 bridgehead atoms. The Morgan fingerprint density at radius 2 is 1.75 bits per heavy atom. The van der Waals surface area contributed by atoms with Gasteiger partial charge in [0.1, 0.15) is 0 Å². The third-order valence-corrected chi connectivity index (χ3v) is 4.30. The standard InChI is InChI=1S/C16H17BrN2.ClH/c17-15-7-2-1-4-13(15)10-18-11-14-6-3-5-12-8-9-19-16(12)14;/h1-7,18-19H,8-11H2;1H. The maximum absolute atomic E-state index is 3.58. The third-order valence-electron chi connectivity index (χ3n) is 3.52. The summed E-state index contributed by atoms with van der Waals surface area (Å²) in [6, 6.07) is 14.9. The van der Waals surface area contributed by atoms with Gasteiger partial charge in [-0.3, -0.25) is 0 Å². The van der Waals surface area contributed by atoms with Crippen molar-refractivity contribution >= 4 is 34.0 Å². The lowest BCUT2D eigenvalue weighted by Crippen LogP contribution is -2.14. The maximum Gasteiger partial charge on any atom is 0.0419 e. The van der Waals surface area contributed by atoms with Gasteiger partial charge in [0.2, 0.25) is 0 Å². The molecule has 0 aliphatic carbocycles. The minimum Gasteiger partial charge on any atom is -0.384 e. The van der Waals surface area contributed by atoms with Crippen LogP contribution in [0.2, 0.25) is 0 Å². The second-order valence-electron chi connectivity index (χ2n) is 4.82. The van der Waals surface area contributed by atoms with E-state index in [0.717, 1.165) is 26.1 Å². The van der Waals surface area contributed by atoms with Gasteiger partial charge < -0.3 is 10.6 Å². The Bertz CT molecular complexity index is 586. The lowest BCUT2D eigenvalue weighted by atomic mass is 10.1. The molecule has 2 aromatic rings. The van der Waals surface area contributed by atoms with Crippen LogP contribution in [-0.2, 0) is 19.5 Å². The van der Waals surface area contributed by atoms with Crippen molar-refractivity contribution in [3.63, 3.8) is 0 Å². The summed E-state index contributed by atoms with van der Waals surface area (Å²) in [5.74, 6) is 0. The summed E-state index contributed by atoms with van der Waals surface area (Å²) in [6.07, 6.45) is 1.15. The van der Waals surface area contributed by atoms with Crippen molar-refractivity contribution in [2.45, 2.75) is 19.5 Å². The van der Waals surface area contributed by atoms with Crippen molar-refractivity contribution in [1.82, 2.24) is 5.32 Å².